The second-order valence-electron chi connectivity index (χ2n) is 6.05. The molecule has 0 saturated carbocycles. The van der Waals surface area contributed by atoms with E-state index in [1.54, 1.807) is 43.3 Å². The van der Waals surface area contributed by atoms with Crippen molar-refractivity contribution in [2.24, 2.45) is 0 Å². The number of halogens is 1. The highest BCUT2D eigenvalue weighted by molar-refractivity contribution is 8.00. The first kappa shape index (κ1) is 19.5. The molecule has 0 aliphatic rings. The number of rotatable bonds is 6. The van der Waals surface area contributed by atoms with Crippen LogP contribution < -0.4 is 10.9 Å². The van der Waals surface area contributed by atoms with E-state index in [0.717, 1.165) is 6.42 Å². The van der Waals surface area contributed by atoms with E-state index in [0.29, 0.717) is 33.3 Å². The first-order valence-electron chi connectivity index (χ1n) is 8.74. The van der Waals surface area contributed by atoms with Crippen LogP contribution in [0.15, 0.2) is 58.5 Å². The summed E-state index contributed by atoms with van der Waals surface area (Å²) < 4.78 is 1.49. The molecule has 0 aliphatic carbocycles. The SMILES string of the molecule is CCCNC(=O)C(C)Sc1nc2ccccc2c(=O)n1-c1ccccc1Cl. The molecule has 27 heavy (non-hydrogen) atoms. The molecule has 1 unspecified atom stereocenters. The lowest BCUT2D eigenvalue weighted by atomic mass is 10.2. The predicted molar refractivity (Wildman–Crippen MR) is 111 cm³/mol. The fourth-order valence-corrected chi connectivity index (χ4v) is 3.81. The molecule has 0 spiro atoms. The van der Waals surface area contributed by atoms with Gasteiger partial charge in [-0.15, -0.1) is 0 Å². The molecule has 0 radical (unpaired) electrons. The summed E-state index contributed by atoms with van der Waals surface area (Å²) in [6.45, 7) is 4.41. The maximum atomic E-state index is 13.2. The summed E-state index contributed by atoms with van der Waals surface area (Å²) in [7, 11) is 0. The van der Waals surface area contributed by atoms with Crippen LogP contribution in [0.3, 0.4) is 0 Å². The standard InChI is InChI=1S/C20H20ClN3O2S/c1-3-12-22-18(25)13(2)27-20-23-16-10-6-4-8-14(16)19(26)24(20)17-11-7-5-9-15(17)21/h4-11,13H,3,12H2,1-2H3,(H,22,25). The van der Waals surface area contributed by atoms with Gasteiger partial charge in [0.25, 0.3) is 5.56 Å². The van der Waals surface area contributed by atoms with Crippen molar-refractivity contribution in [1.82, 2.24) is 14.9 Å². The third kappa shape index (κ3) is 4.17. The molecule has 0 fully saturated rings. The molecule has 5 nitrogen and oxygen atoms in total. The van der Waals surface area contributed by atoms with Crippen molar-refractivity contribution in [2.45, 2.75) is 30.7 Å². The average molecular weight is 402 g/mol. The summed E-state index contributed by atoms with van der Waals surface area (Å²) in [5, 5.41) is 3.86. The van der Waals surface area contributed by atoms with Crippen LogP contribution >= 0.6 is 23.4 Å². The fraction of sp³-hybridized carbons (Fsp3) is 0.250. The zero-order valence-corrected chi connectivity index (χ0v) is 16.7. The van der Waals surface area contributed by atoms with Gasteiger partial charge < -0.3 is 5.32 Å². The maximum absolute atomic E-state index is 13.2. The van der Waals surface area contributed by atoms with Crippen molar-refractivity contribution in [2.75, 3.05) is 6.54 Å². The lowest BCUT2D eigenvalue weighted by Gasteiger charge is -2.17. The number of carbonyl (C=O) groups is 1. The second-order valence-corrected chi connectivity index (χ2v) is 7.77. The number of benzene rings is 2. The van der Waals surface area contributed by atoms with Gasteiger partial charge >= 0.3 is 0 Å². The molecule has 140 valence electrons. The Morgan fingerprint density at radius 2 is 1.93 bits per heavy atom. The van der Waals surface area contributed by atoms with Gasteiger partial charge in [-0.1, -0.05) is 54.6 Å². The maximum Gasteiger partial charge on any atom is 0.266 e. The van der Waals surface area contributed by atoms with Crippen molar-refractivity contribution < 1.29 is 4.79 Å². The molecule has 1 N–H and O–H groups in total. The van der Waals surface area contributed by atoms with Crippen molar-refractivity contribution in [3.63, 3.8) is 0 Å². The van der Waals surface area contributed by atoms with Crippen molar-refractivity contribution in [3.05, 3.63) is 63.9 Å². The van der Waals surface area contributed by atoms with E-state index in [1.807, 2.05) is 19.1 Å². The van der Waals surface area contributed by atoms with E-state index >= 15 is 0 Å². The van der Waals surface area contributed by atoms with E-state index in [1.165, 1.54) is 16.3 Å². The number of aromatic nitrogens is 2. The smallest absolute Gasteiger partial charge is 0.266 e. The van der Waals surface area contributed by atoms with Crippen molar-refractivity contribution >= 4 is 40.2 Å². The molecule has 7 heteroatoms. The molecular formula is C20H20ClN3O2S. The number of carbonyl (C=O) groups excluding carboxylic acids is 1. The van der Waals surface area contributed by atoms with Crippen LogP contribution in [0.4, 0.5) is 0 Å². The Bertz CT molecular complexity index is 1040. The number of nitrogens with zero attached hydrogens (tertiary/aromatic N) is 2. The Kier molecular flexibility index (Phi) is 6.19. The first-order valence-corrected chi connectivity index (χ1v) is 9.99. The highest BCUT2D eigenvalue weighted by Crippen LogP contribution is 2.28. The molecule has 0 bridgehead atoms. The lowest BCUT2D eigenvalue weighted by Crippen LogP contribution is -2.32. The van der Waals surface area contributed by atoms with Gasteiger partial charge in [-0.25, -0.2) is 4.98 Å². The molecule has 1 atom stereocenters. The van der Waals surface area contributed by atoms with Crippen LogP contribution in [0.25, 0.3) is 16.6 Å². The Labute approximate surface area is 166 Å². The number of thioether (sulfide) groups is 1. The van der Waals surface area contributed by atoms with Crippen molar-refractivity contribution in [3.8, 4) is 5.69 Å². The molecule has 3 rings (SSSR count). The minimum atomic E-state index is -0.404. The van der Waals surface area contributed by atoms with E-state index in [9.17, 15) is 9.59 Å². The highest BCUT2D eigenvalue weighted by atomic mass is 35.5. The van der Waals surface area contributed by atoms with Crippen LogP contribution in [0.1, 0.15) is 20.3 Å². The molecule has 3 aromatic rings. The third-order valence-electron chi connectivity index (χ3n) is 4.04. The van der Waals surface area contributed by atoms with Gasteiger partial charge in [0.1, 0.15) is 0 Å². The molecule has 1 amide bonds. The van der Waals surface area contributed by atoms with Gasteiger partial charge in [0.05, 0.1) is 26.9 Å². The van der Waals surface area contributed by atoms with Crippen LogP contribution in [0.5, 0.6) is 0 Å². The van der Waals surface area contributed by atoms with Crippen LogP contribution in [0.2, 0.25) is 5.02 Å². The molecule has 1 aromatic heterocycles. The Morgan fingerprint density at radius 1 is 1.22 bits per heavy atom. The van der Waals surface area contributed by atoms with E-state index in [2.05, 4.69) is 10.3 Å². The average Bonchev–Trinajstić information content (AvgIpc) is 2.67. The zero-order chi connectivity index (χ0) is 19.4. The zero-order valence-electron chi connectivity index (χ0n) is 15.1. The van der Waals surface area contributed by atoms with Gasteiger partial charge in [0.2, 0.25) is 5.91 Å². The molecule has 1 heterocycles. The summed E-state index contributed by atoms with van der Waals surface area (Å²) in [5.41, 5.74) is 0.929. The normalized spacial score (nSPS) is 12.1. The monoisotopic (exact) mass is 401 g/mol. The number of hydrogen-bond acceptors (Lipinski definition) is 4. The summed E-state index contributed by atoms with van der Waals surface area (Å²) in [5.74, 6) is -0.0880. The Morgan fingerprint density at radius 3 is 2.67 bits per heavy atom. The Hall–Kier alpha value is -2.31. The molecule has 0 saturated heterocycles. The van der Waals surface area contributed by atoms with Gasteiger partial charge in [-0.3, -0.25) is 14.2 Å². The summed E-state index contributed by atoms with van der Waals surface area (Å²) in [6.07, 6.45) is 0.863. The summed E-state index contributed by atoms with van der Waals surface area (Å²) >= 11 is 7.59. The largest absolute Gasteiger partial charge is 0.355 e. The van der Waals surface area contributed by atoms with E-state index in [4.69, 9.17) is 11.6 Å². The number of hydrogen-bond donors (Lipinski definition) is 1. The summed E-state index contributed by atoms with van der Waals surface area (Å²) in [4.78, 5) is 30.1. The van der Waals surface area contributed by atoms with Crippen LogP contribution in [-0.2, 0) is 4.79 Å². The summed E-state index contributed by atoms with van der Waals surface area (Å²) in [6, 6.07) is 14.3. The van der Waals surface area contributed by atoms with Gasteiger partial charge in [-0.2, -0.15) is 0 Å². The lowest BCUT2D eigenvalue weighted by molar-refractivity contribution is -0.120. The molecular weight excluding hydrogens is 382 g/mol. The minimum absolute atomic E-state index is 0.0880. The topological polar surface area (TPSA) is 64.0 Å². The van der Waals surface area contributed by atoms with Crippen LogP contribution in [0, 0.1) is 0 Å². The van der Waals surface area contributed by atoms with Crippen molar-refractivity contribution in [1.29, 1.82) is 0 Å². The van der Waals surface area contributed by atoms with Crippen LogP contribution in [-0.4, -0.2) is 27.3 Å². The quantitative estimate of drug-likeness (QED) is 0.500. The third-order valence-corrected chi connectivity index (χ3v) is 5.41. The first-order chi connectivity index (χ1) is 13.0. The minimum Gasteiger partial charge on any atom is -0.355 e. The van der Waals surface area contributed by atoms with E-state index in [-0.39, 0.29) is 11.5 Å². The number of nitrogens with one attached hydrogen (secondary N) is 1. The molecule has 0 aliphatic heterocycles. The predicted octanol–water partition coefficient (Wildman–Crippen LogP) is 4.05. The fourth-order valence-electron chi connectivity index (χ4n) is 2.64. The van der Waals surface area contributed by atoms with Gasteiger partial charge in [0.15, 0.2) is 5.16 Å². The number of para-hydroxylation sites is 2. The Balaban J connectivity index is 2.13. The number of fused-ring (bicyclic) bond motifs is 1. The highest BCUT2D eigenvalue weighted by Gasteiger charge is 2.20. The number of amides is 1. The van der Waals surface area contributed by atoms with Gasteiger partial charge in [0, 0.05) is 6.54 Å². The van der Waals surface area contributed by atoms with Gasteiger partial charge in [-0.05, 0) is 37.6 Å². The second kappa shape index (κ2) is 8.59. The molecule has 2 aromatic carbocycles. The van der Waals surface area contributed by atoms with E-state index < -0.39 is 5.25 Å².